The van der Waals surface area contributed by atoms with E-state index >= 15 is 0 Å². The van der Waals surface area contributed by atoms with Gasteiger partial charge in [-0.05, 0) is 42.6 Å². The van der Waals surface area contributed by atoms with Gasteiger partial charge in [0.25, 0.3) is 0 Å². The van der Waals surface area contributed by atoms with Gasteiger partial charge in [0.15, 0.2) is 0 Å². The molecule has 0 amide bonds. The van der Waals surface area contributed by atoms with Crippen LogP contribution in [-0.4, -0.2) is 13.2 Å². The Morgan fingerprint density at radius 2 is 2.25 bits per heavy atom. The minimum absolute atomic E-state index is 0.699. The van der Waals surface area contributed by atoms with Gasteiger partial charge < -0.3 is 10.5 Å². The van der Waals surface area contributed by atoms with Crippen molar-refractivity contribution in [2.45, 2.75) is 12.8 Å². The van der Waals surface area contributed by atoms with Crippen LogP contribution in [0, 0.1) is 0 Å². The summed E-state index contributed by atoms with van der Waals surface area (Å²) in [6, 6.07) is 6.28. The highest BCUT2D eigenvalue weighted by atomic mass is 16.5. The molecule has 0 saturated heterocycles. The molecule has 2 heteroatoms. The highest BCUT2D eigenvalue weighted by Crippen LogP contribution is 2.31. The number of rotatable bonds is 4. The van der Waals surface area contributed by atoms with Crippen LogP contribution in [0.4, 0.5) is 0 Å². The van der Waals surface area contributed by atoms with E-state index in [1.165, 1.54) is 11.1 Å². The predicted octanol–water partition coefficient (Wildman–Crippen LogP) is 1.32. The molecular weight excluding hydrogens is 150 g/mol. The maximum atomic E-state index is 5.48. The Hall–Kier alpha value is -1.02. The molecule has 0 saturated carbocycles. The lowest BCUT2D eigenvalue weighted by Crippen LogP contribution is -2.05. The Morgan fingerprint density at radius 3 is 3.00 bits per heavy atom. The van der Waals surface area contributed by atoms with Crippen molar-refractivity contribution < 1.29 is 4.74 Å². The first-order chi connectivity index (χ1) is 5.90. The average Bonchev–Trinajstić information content (AvgIpc) is 2.83. The first-order valence-corrected chi connectivity index (χ1v) is 4.35. The standard InChI is InChI=1S/C10H13NO/c11-4-1-5-12-10-3-2-8-6-9(8)7-10/h2-3,7H,1,4-6,11H2. The molecule has 0 bridgehead atoms. The van der Waals surface area contributed by atoms with Crippen molar-refractivity contribution in [3.8, 4) is 5.75 Å². The van der Waals surface area contributed by atoms with Gasteiger partial charge in [0.1, 0.15) is 5.75 Å². The second kappa shape index (κ2) is 3.15. The first-order valence-electron chi connectivity index (χ1n) is 4.35. The van der Waals surface area contributed by atoms with Crippen LogP contribution >= 0.6 is 0 Å². The van der Waals surface area contributed by atoms with Gasteiger partial charge in [-0.3, -0.25) is 0 Å². The maximum Gasteiger partial charge on any atom is 0.119 e. The number of fused-ring (bicyclic) bond motifs is 1. The summed E-state index contributed by atoms with van der Waals surface area (Å²) in [5.41, 5.74) is 8.24. The number of hydrogen-bond acceptors (Lipinski definition) is 2. The Balaban J connectivity index is 1.88. The molecule has 0 radical (unpaired) electrons. The topological polar surface area (TPSA) is 35.2 Å². The molecule has 0 aliphatic heterocycles. The van der Waals surface area contributed by atoms with Gasteiger partial charge in [-0.2, -0.15) is 0 Å². The fourth-order valence-corrected chi connectivity index (χ4v) is 1.24. The number of ether oxygens (including phenoxy) is 1. The van der Waals surface area contributed by atoms with Crippen molar-refractivity contribution in [1.82, 2.24) is 0 Å². The van der Waals surface area contributed by atoms with Gasteiger partial charge in [0.05, 0.1) is 6.61 Å². The van der Waals surface area contributed by atoms with Crippen LogP contribution in [-0.2, 0) is 6.42 Å². The first kappa shape index (κ1) is 7.62. The smallest absolute Gasteiger partial charge is 0.119 e. The number of nitrogens with two attached hydrogens (primary N) is 1. The summed E-state index contributed by atoms with van der Waals surface area (Å²) in [6.07, 6.45) is 2.08. The van der Waals surface area contributed by atoms with E-state index in [-0.39, 0.29) is 0 Å². The Kier molecular flexibility index (Phi) is 2.00. The van der Waals surface area contributed by atoms with E-state index in [9.17, 15) is 0 Å². The third-order valence-electron chi connectivity index (χ3n) is 2.05. The van der Waals surface area contributed by atoms with Crippen molar-refractivity contribution in [1.29, 1.82) is 0 Å². The summed E-state index contributed by atoms with van der Waals surface area (Å²) in [7, 11) is 0. The van der Waals surface area contributed by atoms with Crippen molar-refractivity contribution in [3.63, 3.8) is 0 Å². The molecule has 0 spiro atoms. The summed E-state index contributed by atoms with van der Waals surface area (Å²) >= 11 is 0. The Morgan fingerprint density at radius 1 is 1.33 bits per heavy atom. The summed E-state index contributed by atoms with van der Waals surface area (Å²) < 4.78 is 5.48. The zero-order valence-electron chi connectivity index (χ0n) is 7.05. The monoisotopic (exact) mass is 163 g/mol. The zero-order chi connectivity index (χ0) is 8.39. The van der Waals surface area contributed by atoms with Crippen LogP contribution < -0.4 is 10.5 Å². The minimum Gasteiger partial charge on any atom is -0.494 e. The van der Waals surface area contributed by atoms with Gasteiger partial charge in [-0.15, -0.1) is 0 Å². The highest BCUT2D eigenvalue weighted by molar-refractivity contribution is 5.49. The van der Waals surface area contributed by atoms with E-state index in [2.05, 4.69) is 12.1 Å². The summed E-state index contributed by atoms with van der Waals surface area (Å²) in [4.78, 5) is 0. The maximum absolute atomic E-state index is 5.48. The Bertz CT molecular complexity index is 283. The van der Waals surface area contributed by atoms with Crippen molar-refractivity contribution in [2.75, 3.05) is 13.2 Å². The number of hydrogen-bond donors (Lipinski definition) is 1. The van der Waals surface area contributed by atoms with Crippen LogP contribution in [0.25, 0.3) is 0 Å². The van der Waals surface area contributed by atoms with Crippen LogP contribution in [0.15, 0.2) is 18.2 Å². The van der Waals surface area contributed by atoms with Gasteiger partial charge in [-0.1, -0.05) is 6.07 Å². The van der Waals surface area contributed by atoms with Crippen LogP contribution in [0.2, 0.25) is 0 Å². The third-order valence-corrected chi connectivity index (χ3v) is 2.05. The molecule has 1 aliphatic carbocycles. The van der Waals surface area contributed by atoms with Crippen LogP contribution in [0.1, 0.15) is 17.5 Å². The fraction of sp³-hybridized carbons (Fsp3) is 0.400. The second-order valence-electron chi connectivity index (χ2n) is 3.10. The SMILES string of the molecule is NCCCOc1ccc2c(c1)C2. The van der Waals surface area contributed by atoms with Crippen LogP contribution in [0.3, 0.4) is 0 Å². The lowest BCUT2D eigenvalue weighted by molar-refractivity contribution is 0.313. The van der Waals surface area contributed by atoms with Crippen molar-refractivity contribution in [2.24, 2.45) is 5.73 Å². The molecule has 0 aromatic heterocycles. The van der Waals surface area contributed by atoms with Crippen LogP contribution in [0.5, 0.6) is 5.75 Å². The molecule has 1 aromatic rings. The molecule has 64 valence electrons. The summed E-state index contributed by atoms with van der Waals surface area (Å²) in [5.74, 6) is 0.986. The fourth-order valence-electron chi connectivity index (χ4n) is 1.24. The summed E-state index contributed by atoms with van der Waals surface area (Å²) in [5, 5.41) is 0. The molecule has 2 nitrogen and oxygen atoms in total. The summed E-state index contributed by atoms with van der Waals surface area (Å²) in [6.45, 7) is 1.43. The molecule has 2 N–H and O–H groups in total. The average molecular weight is 163 g/mol. The number of benzene rings is 1. The lowest BCUT2D eigenvalue weighted by atomic mass is 10.3. The molecule has 2 rings (SSSR count). The predicted molar refractivity (Wildman–Crippen MR) is 48.4 cm³/mol. The minimum atomic E-state index is 0.699. The molecule has 0 atom stereocenters. The van der Waals surface area contributed by atoms with Gasteiger partial charge in [0.2, 0.25) is 0 Å². The van der Waals surface area contributed by atoms with Gasteiger partial charge in [0, 0.05) is 0 Å². The molecular formula is C10H13NO. The molecule has 0 heterocycles. The zero-order valence-corrected chi connectivity index (χ0v) is 7.05. The van der Waals surface area contributed by atoms with Crippen molar-refractivity contribution >= 4 is 0 Å². The largest absolute Gasteiger partial charge is 0.494 e. The Labute approximate surface area is 72.3 Å². The van der Waals surface area contributed by atoms with E-state index < -0.39 is 0 Å². The lowest BCUT2D eigenvalue weighted by Gasteiger charge is -2.03. The van der Waals surface area contributed by atoms with E-state index in [1.807, 2.05) is 6.07 Å². The van der Waals surface area contributed by atoms with E-state index in [0.29, 0.717) is 6.54 Å². The molecule has 0 unspecified atom stereocenters. The van der Waals surface area contributed by atoms with Gasteiger partial charge in [-0.25, -0.2) is 0 Å². The quantitative estimate of drug-likeness (QED) is 0.690. The molecule has 1 aromatic carbocycles. The van der Waals surface area contributed by atoms with E-state index in [1.54, 1.807) is 0 Å². The van der Waals surface area contributed by atoms with Crippen molar-refractivity contribution in [3.05, 3.63) is 29.3 Å². The highest BCUT2D eigenvalue weighted by Gasteiger charge is 2.16. The molecule has 0 fully saturated rings. The van der Waals surface area contributed by atoms with E-state index in [0.717, 1.165) is 25.2 Å². The van der Waals surface area contributed by atoms with E-state index in [4.69, 9.17) is 10.5 Å². The molecule has 12 heavy (non-hydrogen) atoms. The van der Waals surface area contributed by atoms with Gasteiger partial charge >= 0.3 is 0 Å². The molecule has 1 aliphatic rings. The normalized spacial score (nSPS) is 12.4. The second-order valence-corrected chi connectivity index (χ2v) is 3.10. The third kappa shape index (κ3) is 1.59.